The number of aliphatic hydroxyl groups excluding tert-OH is 1. The molecule has 5 nitrogen and oxygen atoms in total. The number of nitrogens with one attached hydrogen (secondary N) is 1. The topological polar surface area (TPSA) is 82.3 Å². The Balaban J connectivity index is 1.98. The summed E-state index contributed by atoms with van der Waals surface area (Å²) in [5.74, 6) is 0.0948. The largest absolute Gasteiger partial charge is 0.485 e. The molecule has 7 heteroatoms. The SMILES string of the molecule is CC1(C)Oc2ccc(C#N)cc2[C@@H](NC(=O)c2ccc(Cl)c(Cl)c2)[C@@H]1O. The molecule has 0 bridgehead atoms. The maximum atomic E-state index is 12.7. The summed E-state index contributed by atoms with van der Waals surface area (Å²) in [4.78, 5) is 12.7. The number of halogens is 2. The molecule has 1 amide bonds. The van der Waals surface area contributed by atoms with Crippen LogP contribution in [-0.4, -0.2) is 22.7 Å². The van der Waals surface area contributed by atoms with E-state index < -0.39 is 23.7 Å². The van der Waals surface area contributed by atoms with Crippen molar-refractivity contribution < 1.29 is 14.6 Å². The van der Waals surface area contributed by atoms with E-state index in [9.17, 15) is 9.90 Å². The molecule has 0 spiro atoms. The first-order valence-corrected chi connectivity index (χ1v) is 8.65. The number of amides is 1. The summed E-state index contributed by atoms with van der Waals surface area (Å²) in [5, 5.41) is 23.3. The first-order valence-electron chi connectivity index (χ1n) is 7.90. The first kappa shape index (κ1) is 18.5. The lowest BCUT2D eigenvalue weighted by atomic mass is 9.85. The summed E-state index contributed by atoms with van der Waals surface area (Å²) >= 11 is 11.9. The molecular formula is C19H16Cl2N2O3. The van der Waals surface area contributed by atoms with E-state index in [1.54, 1.807) is 38.1 Å². The number of hydrogen-bond donors (Lipinski definition) is 2. The zero-order valence-corrected chi connectivity index (χ0v) is 15.6. The minimum Gasteiger partial charge on any atom is -0.485 e. The summed E-state index contributed by atoms with van der Waals surface area (Å²) in [5.41, 5.74) is 0.350. The van der Waals surface area contributed by atoms with Gasteiger partial charge in [-0.05, 0) is 50.2 Å². The normalized spacial score (nSPS) is 20.5. The summed E-state index contributed by atoms with van der Waals surface area (Å²) in [6, 6.07) is 10.7. The standard InChI is InChI=1S/C19H16Cl2N2O3/c1-19(2)17(24)16(12-7-10(9-22)3-6-15(12)26-19)23-18(25)11-4-5-13(20)14(21)8-11/h3-8,16-17,24H,1-2H3,(H,23,25)/t16-,17+/m1/s1. The Morgan fingerprint density at radius 1 is 1.23 bits per heavy atom. The van der Waals surface area contributed by atoms with Gasteiger partial charge in [0.2, 0.25) is 0 Å². The molecule has 1 heterocycles. The van der Waals surface area contributed by atoms with Gasteiger partial charge in [0.05, 0.1) is 27.7 Å². The zero-order valence-electron chi connectivity index (χ0n) is 14.1. The van der Waals surface area contributed by atoms with Crippen LogP contribution in [-0.2, 0) is 0 Å². The van der Waals surface area contributed by atoms with Crippen molar-refractivity contribution in [3.05, 3.63) is 63.1 Å². The second-order valence-corrected chi connectivity index (χ2v) is 7.41. The molecule has 2 aromatic carbocycles. The van der Waals surface area contributed by atoms with Crippen molar-refractivity contribution in [1.82, 2.24) is 5.32 Å². The van der Waals surface area contributed by atoms with Crippen molar-refractivity contribution >= 4 is 29.1 Å². The van der Waals surface area contributed by atoms with Crippen molar-refractivity contribution in [3.63, 3.8) is 0 Å². The maximum absolute atomic E-state index is 12.7. The Bertz CT molecular complexity index is 921. The number of hydrogen-bond acceptors (Lipinski definition) is 4. The number of nitrogens with zero attached hydrogens (tertiary/aromatic N) is 1. The van der Waals surface area contributed by atoms with Crippen molar-refractivity contribution in [1.29, 1.82) is 5.26 Å². The summed E-state index contributed by atoms with van der Waals surface area (Å²) in [6.45, 7) is 3.47. The van der Waals surface area contributed by atoms with Crippen molar-refractivity contribution in [2.75, 3.05) is 0 Å². The Morgan fingerprint density at radius 2 is 1.96 bits per heavy atom. The Morgan fingerprint density at radius 3 is 2.62 bits per heavy atom. The molecular weight excluding hydrogens is 375 g/mol. The van der Waals surface area contributed by atoms with Crippen molar-refractivity contribution in [2.45, 2.75) is 31.6 Å². The van der Waals surface area contributed by atoms with Gasteiger partial charge >= 0.3 is 0 Å². The van der Waals surface area contributed by atoms with Gasteiger partial charge in [-0.3, -0.25) is 4.79 Å². The highest BCUT2D eigenvalue weighted by atomic mass is 35.5. The van der Waals surface area contributed by atoms with Crippen molar-refractivity contribution in [2.24, 2.45) is 0 Å². The van der Waals surface area contributed by atoms with Gasteiger partial charge in [-0.2, -0.15) is 5.26 Å². The predicted molar refractivity (Wildman–Crippen MR) is 98.5 cm³/mol. The molecule has 0 saturated carbocycles. The Kier molecular flexibility index (Phi) is 4.85. The molecule has 0 fully saturated rings. The van der Waals surface area contributed by atoms with Crippen LogP contribution in [0.4, 0.5) is 0 Å². The quantitative estimate of drug-likeness (QED) is 0.814. The fourth-order valence-electron chi connectivity index (χ4n) is 2.89. The third-order valence-electron chi connectivity index (χ3n) is 4.34. The van der Waals surface area contributed by atoms with E-state index in [0.29, 0.717) is 27.5 Å². The van der Waals surface area contributed by atoms with Gasteiger partial charge in [0.1, 0.15) is 17.5 Å². The third-order valence-corrected chi connectivity index (χ3v) is 5.08. The van der Waals surface area contributed by atoms with E-state index in [-0.39, 0.29) is 5.02 Å². The Hall–Kier alpha value is -2.26. The number of ether oxygens (including phenoxy) is 1. The molecule has 1 aliphatic rings. The minimum atomic E-state index is -1.02. The van der Waals surface area contributed by atoms with E-state index >= 15 is 0 Å². The van der Waals surface area contributed by atoms with Crippen LogP contribution in [0.3, 0.4) is 0 Å². The molecule has 2 atom stereocenters. The number of aliphatic hydroxyl groups is 1. The minimum absolute atomic E-state index is 0.263. The molecule has 1 aliphatic heterocycles. The van der Waals surface area contributed by atoms with Crippen LogP contribution >= 0.6 is 23.2 Å². The van der Waals surface area contributed by atoms with E-state index in [1.807, 2.05) is 6.07 Å². The highest BCUT2D eigenvalue weighted by Crippen LogP contribution is 2.40. The average Bonchev–Trinajstić information content (AvgIpc) is 2.60. The van der Waals surface area contributed by atoms with Crippen LogP contribution in [0.2, 0.25) is 10.0 Å². The molecule has 134 valence electrons. The molecule has 0 aromatic heterocycles. The van der Waals surface area contributed by atoms with Gasteiger partial charge in [0, 0.05) is 11.1 Å². The number of nitriles is 1. The second-order valence-electron chi connectivity index (χ2n) is 6.59. The number of carbonyl (C=O) groups is 1. The number of fused-ring (bicyclic) bond motifs is 1. The summed E-state index contributed by atoms with van der Waals surface area (Å²) in [6.07, 6.45) is -1.02. The van der Waals surface area contributed by atoms with E-state index in [2.05, 4.69) is 5.32 Å². The average molecular weight is 391 g/mol. The molecule has 0 unspecified atom stereocenters. The third kappa shape index (κ3) is 3.36. The first-order chi connectivity index (χ1) is 12.2. The van der Waals surface area contributed by atoms with Crippen LogP contribution in [0.15, 0.2) is 36.4 Å². The summed E-state index contributed by atoms with van der Waals surface area (Å²) < 4.78 is 5.83. The Labute approximate surface area is 161 Å². The van der Waals surface area contributed by atoms with Crippen LogP contribution in [0.1, 0.15) is 41.4 Å². The summed E-state index contributed by atoms with van der Waals surface area (Å²) in [7, 11) is 0. The van der Waals surface area contributed by atoms with Gasteiger partial charge in [0.15, 0.2) is 0 Å². The lowest BCUT2D eigenvalue weighted by Crippen LogP contribution is -2.53. The predicted octanol–water partition coefficient (Wildman–Crippen LogP) is 3.87. The number of benzene rings is 2. The second kappa shape index (κ2) is 6.81. The van der Waals surface area contributed by atoms with Gasteiger partial charge in [-0.1, -0.05) is 23.2 Å². The van der Waals surface area contributed by atoms with Gasteiger partial charge < -0.3 is 15.2 Å². The van der Waals surface area contributed by atoms with Crippen LogP contribution in [0.5, 0.6) is 5.75 Å². The number of rotatable bonds is 2. The molecule has 2 N–H and O–H groups in total. The van der Waals surface area contributed by atoms with Crippen LogP contribution < -0.4 is 10.1 Å². The van der Waals surface area contributed by atoms with E-state index in [1.165, 1.54) is 12.1 Å². The highest BCUT2D eigenvalue weighted by molar-refractivity contribution is 6.42. The maximum Gasteiger partial charge on any atom is 0.251 e. The molecule has 26 heavy (non-hydrogen) atoms. The lowest BCUT2D eigenvalue weighted by molar-refractivity contribution is -0.0627. The smallest absolute Gasteiger partial charge is 0.251 e. The van der Waals surface area contributed by atoms with Crippen molar-refractivity contribution in [3.8, 4) is 11.8 Å². The van der Waals surface area contributed by atoms with Gasteiger partial charge in [-0.15, -0.1) is 0 Å². The lowest BCUT2D eigenvalue weighted by Gasteiger charge is -2.42. The fraction of sp³-hybridized carbons (Fsp3) is 0.263. The molecule has 0 aliphatic carbocycles. The molecule has 0 saturated heterocycles. The van der Waals surface area contributed by atoms with Crippen LogP contribution in [0.25, 0.3) is 0 Å². The van der Waals surface area contributed by atoms with E-state index in [0.717, 1.165) is 0 Å². The zero-order chi connectivity index (χ0) is 19.1. The van der Waals surface area contributed by atoms with Gasteiger partial charge in [-0.25, -0.2) is 0 Å². The van der Waals surface area contributed by atoms with Crippen LogP contribution in [0, 0.1) is 11.3 Å². The monoisotopic (exact) mass is 390 g/mol. The fourth-order valence-corrected chi connectivity index (χ4v) is 3.19. The van der Waals surface area contributed by atoms with Gasteiger partial charge in [0.25, 0.3) is 5.91 Å². The molecule has 0 radical (unpaired) electrons. The molecule has 2 aromatic rings. The molecule has 3 rings (SSSR count). The number of carbonyl (C=O) groups excluding carboxylic acids is 1. The highest BCUT2D eigenvalue weighted by Gasteiger charge is 2.43. The van der Waals surface area contributed by atoms with E-state index in [4.69, 9.17) is 33.2 Å².